The first-order valence-electron chi connectivity index (χ1n) is 9.29. The quantitative estimate of drug-likeness (QED) is 0.776. The van der Waals surface area contributed by atoms with Crippen molar-refractivity contribution in [2.75, 3.05) is 31.1 Å². The number of likely N-dealkylation sites (tertiary alicyclic amines) is 1. The van der Waals surface area contributed by atoms with Crippen molar-refractivity contribution in [3.05, 3.63) is 29.8 Å². The van der Waals surface area contributed by atoms with Gasteiger partial charge in [-0.15, -0.1) is 0 Å². The van der Waals surface area contributed by atoms with Gasteiger partial charge in [-0.3, -0.25) is 9.59 Å². The van der Waals surface area contributed by atoms with E-state index in [1.807, 2.05) is 6.07 Å². The number of anilines is 1. The van der Waals surface area contributed by atoms with Crippen molar-refractivity contribution < 1.29 is 19.1 Å². The minimum absolute atomic E-state index is 0.0685. The maximum Gasteiger partial charge on any atom is 0.338 e. The number of amides is 2. The van der Waals surface area contributed by atoms with E-state index in [9.17, 15) is 14.4 Å². The number of ether oxygens (including phenoxy) is 1. The molecule has 3 rings (SSSR count). The molecule has 0 bridgehead atoms. The van der Waals surface area contributed by atoms with Crippen LogP contribution in [0.25, 0.3) is 0 Å². The van der Waals surface area contributed by atoms with Gasteiger partial charge in [-0.25, -0.2) is 4.79 Å². The highest BCUT2D eigenvalue weighted by molar-refractivity contribution is 5.97. The van der Waals surface area contributed by atoms with Crippen molar-refractivity contribution in [2.45, 2.75) is 33.1 Å². The van der Waals surface area contributed by atoms with E-state index in [4.69, 9.17) is 4.74 Å². The van der Waals surface area contributed by atoms with Gasteiger partial charge in [0.05, 0.1) is 5.56 Å². The predicted molar refractivity (Wildman–Crippen MR) is 97.8 cm³/mol. The minimum atomic E-state index is -0.537. The van der Waals surface area contributed by atoms with Gasteiger partial charge in [0.15, 0.2) is 6.61 Å². The third-order valence-corrected chi connectivity index (χ3v) is 5.02. The number of rotatable bonds is 4. The molecule has 0 radical (unpaired) electrons. The lowest BCUT2D eigenvalue weighted by molar-refractivity contribution is -0.137. The molecule has 0 aliphatic carbocycles. The van der Waals surface area contributed by atoms with E-state index in [0.717, 1.165) is 12.8 Å². The summed E-state index contributed by atoms with van der Waals surface area (Å²) in [4.78, 5) is 40.0. The lowest BCUT2D eigenvalue weighted by Crippen LogP contribution is -2.44. The van der Waals surface area contributed by atoms with Gasteiger partial charge in [0.2, 0.25) is 5.91 Å². The third kappa shape index (κ3) is 4.23. The van der Waals surface area contributed by atoms with Gasteiger partial charge in [0.1, 0.15) is 0 Å². The van der Waals surface area contributed by atoms with Crippen molar-refractivity contribution >= 4 is 23.5 Å². The van der Waals surface area contributed by atoms with Crippen LogP contribution in [0.15, 0.2) is 24.3 Å². The van der Waals surface area contributed by atoms with Crippen molar-refractivity contribution in [3.63, 3.8) is 0 Å². The minimum Gasteiger partial charge on any atom is -0.452 e. The second-order valence-corrected chi connectivity index (χ2v) is 7.52. The number of hydrogen-bond donors (Lipinski definition) is 0. The summed E-state index contributed by atoms with van der Waals surface area (Å²) in [7, 11) is 0. The van der Waals surface area contributed by atoms with E-state index in [1.54, 1.807) is 28.0 Å². The molecule has 1 aromatic carbocycles. The number of nitrogens with zero attached hydrogens (tertiary/aromatic N) is 2. The summed E-state index contributed by atoms with van der Waals surface area (Å²) in [5, 5.41) is 0. The van der Waals surface area contributed by atoms with Gasteiger partial charge < -0.3 is 14.5 Å². The molecule has 0 spiro atoms. The second-order valence-electron chi connectivity index (χ2n) is 7.52. The van der Waals surface area contributed by atoms with Gasteiger partial charge in [-0.2, -0.15) is 0 Å². The zero-order valence-electron chi connectivity index (χ0n) is 15.4. The standard InChI is InChI=1S/C20H26N2O4/c1-14-9-15(2)12-21(11-14)19(24)13-26-20(25)16-5-3-6-17(10-16)22-8-4-7-18(22)23/h3,5-6,10,14-15H,4,7-9,11-13H2,1-2H3. The lowest BCUT2D eigenvalue weighted by Gasteiger charge is -2.34. The summed E-state index contributed by atoms with van der Waals surface area (Å²) < 4.78 is 5.22. The number of piperidine rings is 1. The van der Waals surface area contributed by atoms with Crippen LogP contribution in [-0.4, -0.2) is 48.9 Å². The molecule has 140 valence electrons. The van der Waals surface area contributed by atoms with Crippen molar-refractivity contribution in [2.24, 2.45) is 11.8 Å². The maximum atomic E-state index is 12.3. The van der Waals surface area contributed by atoms with Gasteiger partial charge in [0.25, 0.3) is 5.91 Å². The van der Waals surface area contributed by atoms with Crippen LogP contribution < -0.4 is 4.90 Å². The molecule has 2 amide bonds. The van der Waals surface area contributed by atoms with Gasteiger partial charge in [-0.05, 0) is 42.9 Å². The van der Waals surface area contributed by atoms with Gasteiger partial charge in [-0.1, -0.05) is 19.9 Å². The number of hydrogen-bond acceptors (Lipinski definition) is 4. The summed E-state index contributed by atoms with van der Waals surface area (Å²) in [5.41, 5.74) is 1.06. The first-order valence-corrected chi connectivity index (χ1v) is 9.29. The fraction of sp³-hybridized carbons (Fsp3) is 0.550. The average molecular weight is 358 g/mol. The molecule has 6 heteroatoms. The molecule has 26 heavy (non-hydrogen) atoms. The Morgan fingerprint density at radius 1 is 1.19 bits per heavy atom. The van der Waals surface area contributed by atoms with Gasteiger partial charge in [0, 0.05) is 31.7 Å². The smallest absolute Gasteiger partial charge is 0.338 e. The summed E-state index contributed by atoms with van der Waals surface area (Å²) in [6.07, 6.45) is 2.48. The van der Waals surface area contributed by atoms with E-state index in [0.29, 0.717) is 49.1 Å². The molecule has 1 aromatic rings. The topological polar surface area (TPSA) is 66.9 Å². The Morgan fingerprint density at radius 2 is 1.92 bits per heavy atom. The Bertz CT molecular complexity index is 693. The van der Waals surface area contributed by atoms with E-state index in [1.165, 1.54) is 0 Å². The fourth-order valence-electron chi connectivity index (χ4n) is 3.89. The molecule has 0 N–H and O–H groups in total. The van der Waals surface area contributed by atoms with Crippen molar-refractivity contribution in [3.8, 4) is 0 Å². The Kier molecular flexibility index (Phi) is 5.59. The molecule has 2 fully saturated rings. The fourth-order valence-corrected chi connectivity index (χ4v) is 3.89. The first kappa shape index (κ1) is 18.4. The summed E-state index contributed by atoms with van der Waals surface area (Å²) >= 11 is 0. The molecule has 2 heterocycles. The number of carbonyl (C=O) groups excluding carboxylic acids is 3. The highest BCUT2D eigenvalue weighted by atomic mass is 16.5. The molecule has 2 saturated heterocycles. The molecular formula is C20H26N2O4. The lowest BCUT2D eigenvalue weighted by atomic mass is 9.92. The molecule has 2 aliphatic heterocycles. The van der Waals surface area contributed by atoms with Crippen LogP contribution in [0.1, 0.15) is 43.5 Å². The molecule has 2 unspecified atom stereocenters. The zero-order chi connectivity index (χ0) is 18.7. The number of esters is 1. The van der Waals surface area contributed by atoms with Crippen LogP contribution in [0, 0.1) is 11.8 Å². The molecule has 0 aromatic heterocycles. The van der Waals surface area contributed by atoms with Crippen LogP contribution >= 0.6 is 0 Å². The van der Waals surface area contributed by atoms with Crippen LogP contribution in [0.5, 0.6) is 0 Å². The summed E-state index contributed by atoms with van der Waals surface area (Å²) in [5.74, 6) is 0.313. The molecular weight excluding hydrogens is 332 g/mol. The van der Waals surface area contributed by atoms with Gasteiger partial charge >= 0.3 is 5.97 Å². The maximum absolute atomic E-state index is 12.3. The largest absolute Gasteiger partial charge is 0.452 e. The molecule has 2 aliphatic rings. The van der Waals surface area contributed by atoms with Crippen molar-refractivity contribution in [1.82, 2.24) is 4.90 Å². The Labute approximate surface area is 154 Å². The van der Waals surface area contributed by atoms with Crippen LogP contribution in [0.3, 0.4) is 0 Å². The number of benzene rings is 1. The summed E-state index contributed by atoms with van der Waals surface area (Å²) in [6.45, 7) is 6.12. The average Bonchev–Trinajstić information content (AvgIpc) is 3.04. The molecule has 0 saturated carbocycles. The first-order chi connectivity index (χ1) is 12.4. The van der Waals surface area contributed by atoms with E-state index < -0.39 is 5.97 Å². The third-order valence-electron chi connectivity index (χ3n) is 5.02. The zero-order valence-corrected chi connectivity index (χ0v) is 15.4. The Hall–Kier alpha value is -2.37. The SMILES string of the molecule is CC1CC(C)CN(C(=O)COC(=O)c2cccc(N3CCCC3=O)c2)C1. The van der Waals surface area contributed by atoms with Crippen LogP contribution in [0.4, 0.5) is 5.69 Å². The normalized spacial score (nSPS) is 23.2. The second kappa shape index (κ2) is 7.89. The van der Waals surface area contributed by atoms with Crippen LogP contribution in [-0.2, 0) is 14.3 Å². The van der Waals surface area contributed by atoms with E-state index >= 15 is 0 Å². The van der Waals surface area contributed by atoms with Crippen LogP contribution in [0.2, 0.25) is 0 Å². The highest BCUT2D eigenvalue weighted by Crippen LogP contribution is 2.23. The Morgan fingerprint density at radius 3 is 2.58 bits per heavy atom. The number of carbonyl (C=O) groups is 3. The predicted octanol–water partition coefficient (Wildman–Crippen LogP) is 2.47. The molecule has 6 nitrogen and oxygen atoms in total. The Balaban J connectivity index is 1.58. The van der Waals surface area contributed by atoms with E-state index in [2.05, 4.69) is 13.8 Å². The summed E-state index contributed by atoms with van der Waals surface area (Å²) in [6, 6.07) is 6.83. The molecule has 2 atom stereocenters. The monoisotopic (exact) mass is 358 g/mol. The van der Waals surface area contributed by atoms with Crippen molar-refractivity contribution in [1.29, 1.82) is 0 Å². The van der Waals surface area contributed by atoms with E-state index in [-0.39, 0.29) is 18.4 Å². The highest BCUT2D eigenvalue weighted by Gasteiger charge is 2.26.